The van der Waals surface area contributed by atoms with Gasteiger partial charge in [0, 0.05) is 42.8 Å². The van der Waals surface area contributed by atoms with Gasteiger partial charge in [-0.05, 0) is 18.2 Å². The van der Waals surface area contributed by atoms with Gasteiger partial charge in [-0.2, -0.15) is 8.78 Å². The molecule has 2 aromatic heterocycles. The van der Waals surface area contributed by atoms with Gasteiger partial charge in [-0.25, -0.2) is 13.8 Å². The third kappa shape index (κ3) is 5.01. The van der Waals surface area contributed by atoms with Crippen LogP contribution >= 0.6 is 0 Å². The van der Waals surface area contributed by atoms with Gasteiger partial charge < -0.3 is 10.3 Å². The highest BCUT2D eigenvalue weighted by Crippen LogP contribution is 2.28. The maximum absolute atomic E-state index is 15.1. The number of halogens is 4. The zero-order valence-electron chi connectivity index (χ0n) is 17.5. The van der Waals surface area contributed by atoms with Gasteiger partial charge in [0.25, 0.3) is 11.5 Å². The zero-order valence-corrected chi connectivity index (χ0v) is 17.5. The molecule has 0 unspecified atom stereocenters. The Hall–Kier alpha value is -3.56. The van der Waals surface area contributed by atoms with E-state index < -0.39 is 34.4 Å². The van der Waals surface area contributed by atoms with Crippen LogP contribution in [-0.4, -0.2) is 20.9 Å². The molecule has 2 N–H and O–H groups in total. The fourth-order valence-corrected chi connectivity index (χ4v) is 2.86. The Morgan fingerprint density at radius 3 is 2.50 bits per heavy atom. The summed E-state index contributed by atoms with van der Waals surface area (Å²) in [4.78, 5) is 34.0. The summed E-state index contributed by atoms with van der Waals surface area (Å²) in [7, 11) is 0. The molecule has 32 heavy (non-hydrogen) atoms. The number of nitrogens with zero attached hydrogens (tertiary/aromatic N) is 2. The number of rotatable bonds is 6. The summed E-state index contributed by atoms with van der Waals surface area (Å²) >= 11 is 0. The first-order chi connectivity index (χ1) is 15.0. The van der Waals surface area contributed by atoms with Crippen molar-refractivity contribution < 1.29 is 22.4 Å². The Bertz CT molecular complexity index is 1200. The van der Waals surface area contributed by atoms with E-state index in [4.69, 9.17) is 0 Å². The summed E-state index contributed by atoms with van der Waals surface area (Å²) in [6.45, 7) is 3.85. The Labute approximate surface area is 180 Å². The number of alkyl halides is 2. The smallest absolute Gasteiger partial charge is 0.286 e. The van der Waals surface area contributed by atoms with Gasteiger partial charge in [-0.1, -0.05) is 19.9 Å². The van der Waals surface area contributed by atoms with Gasteiger partial charge in [-0.3, -0.25) is 14.6 Å². The highest BCUT2D eigenvalue weighted by molar-refractivity contribution is 5.77. The second-order valence-corrected chi connectivity index (χ2v) is 7.57. The highest BCUT2D eigenvalue weighted by atomic mass is 19.3. The van der Waals surface area contributed by atoms with E-state index in [-0.39, 0.29) is 41.0 Å². The second kappa shape index (κ2) is 8.89. The Balaban J connectivity index is 2.02. The molecule has 0 radical (unpaired) electrons. The summed E-state index contributed by atoms with van der Waals surface area (Å²) in [5.41, 5.74) is -1.54. The quantitative estimate of drug-likeness (QED) is 0.555. The maximum Gasteiger partial charge on any atom is 0.286 e. The summed E-state index contributed by atoms with van der Waals surface area (Å²) < 4.78 is 56.3. The van der Waals surface area contributed by atoms with Crippen LogP contribution in [0.2, 0.25) is 0 Å². The van der Waals surface area contributed by atoms with Gasteiger partial charge in [0.15, 0.2) is 0 Å². The molecule has 3 rings (SSSR count). The summed E-state index contributed by atoms with van der Waals surface area (Å²) in [6.07, 6.45) is 1.10. The molecule has 168 valence electrons. The number of nitrogens with one attached hydrogen (secondary N) is 2. The van der Waals surface area contributed by atoms with E-state index in [1.807, 2.05) is 0 Å². The lowest BCUT2D eigenvalue weighted by molar-refractivity contribution is -0.124. The van der Waals surface area contributed by atoms with E-state index in [2.05, 4.69) is 20.3 Å². The van der Waals surface area contributed by atoms with Gasteiger partial charge in [-0.15, -0.1) is 0 Å². The monoisotopic (exact) mass is 448 g/mol. The maximum atomic E-state index is 15.1. The van der Waals surface area contributed by atoms with Gasteiger partial charge >= 0.3 is 0 Å². The van der Waals surface area contributed by atoms with Crippen molar-refractivity contribution in [1.82, 2.24) is 20.3 Å². The van der Waals surface area contributed by atoms with Crippen LogP contribution in [-0.2, 0) is 17.3 Å². The van der Waals surface area contributed by atoms with Crippen LogP contribution in [0.3, 0.4) is 0 Å². The molecule has 0 spiro atoms. The van der Waals surface area contributed by atoms with Crippen LogP contribution in [0.15, 0.2) is 41.3 Å². The van der Waals surface area contributed by atoms with Crippen LogP contribution in [0.4, 0.5) is 17.6 Å². The minimum atomic E-state index is -3.15. The number of aromatic amines is 1. The normalized spacial score (nSPS) is 11.6. The molecule has 0 bridgehead atoms. The number of hydrogen-bond donors (Lipinski definition) is 2. The average molecular weight is 448 g/mol. The van der Waals surface area contributed by atoms with Crippen LogP contribution < -0.4 is 10.9 Å². The Morgan fingerprint density at radius 1 is 1.19 bits per heavy atom. The minimum absolute atomic E-state index is 0.000325. The number of H-pyrrole nitrogens is 1. The van der Waals surface area contributed by atoms with Crippen molar-refractivity contribution in [3.8, 4) is 22.6 Å². The van der Waals surface area contributed by atoms with Crippen LogP contribution in [0, 0.1) is 17.6 Å². The predicted molar refractivity (Wildman–Crippen MR) is 110 cm³/mol. The van der Waals surface area contributed by atoms with Crippen LogP contribution in [0.25, 0.3) is 22.6 Å². The van der Waals surface area contributed by atoms with Gasteiger partial charge in [0.05, 0.1) is 11.3 Å². The first-order valence-electron chi connectivity index (χ1n) is 9.68. The van der Waals surface area contributed by atoms with E-state index in [9.17, 15) is 22.8 Å². The molecule has 0 saturated carbocycles. The number of hydrogen-bond acceptors (Lipinski definition) is 4. The van der Waals surface area contributed by atoms with Crippen molar-refractivity contribution in [2.45, 2.75) is 33.2 Å². The van der Waals surface area contributed by atoms with Gasteiger partial charge in [0.1, 0.15) is 23.2 Å². The van der Waals surface area contributed by atoms with E-state index in [0.29, 0.717) is 6.92 Å². The van der Waals surface area contributed by atoms with E-state index in [1.165, 1.54) is 12.1 Å². The predicted octanol–water partition coefficient (Wildman–Crippen LogP) is 4.16. The summed E-state index contributed by atoms with van der Waals surface area (Å²) in [5.74, 6) is -6.13. The highest BCUT2D eigenvalue weighted by Gasteiger charge is 2.26. The van der Waals surface area contributed by atoms with E-state index in [1.54, 1.807) is 13.8 Å². The van der Waals surface area contributed by atoms with Crippen molar-refractivity contribution in [2.24, 2.45) is 5.92 Å². The largest absolute Gasteiger partial charge is 0.352 e. The summed E-state index contributed by atoms with van der Waals surface area (Å²) in [6, 6.07) is 5.62. The number of benzene rings is 1. The van der Waals surface area contributed by atoms with E-state index in [0.717, 1.165) is 24.4 Å². The average Bonchev–Trinajstić information content (AvgIpc) is 2.72. The number of amides is 1. The summed E-state index contributed by atoms with van der Waals surface area (Å²) in [5, 5.41) is 2.54. The fraction of sp³-hybridized carbons (Fsp3) is 0.273. The van der Waals surface area contributed by atoms with Crippen molar-refractivity contribution in [1.29, 1.82) is 0 Å². The fourth-order valence-electron chi connectivity index (χ4n) is 2.86. The molecule has 2 heterocycles. The zero-order chi connectivity index (χ0) is 23.6. The Kier molecular flexibility index (Phi) is 6.42. The third-order valence-corrected chi connectivity index (χ3v) is 4.64. The van der Waals surface area contributed by atoms with Crippen LogP contribution in [0.5, 0.6) is 0 Å². The molecule has 3 aromatic rings. The van der Waals surface area contributed by atoms with Crippen molar-refractivity contribution in [2.75, 3.05) is 0 Å². The van der Waals surface area contributed by atoms with Crippen molar-refractivity contribution >= 4 is 5.91 Å². The standard InChI is InChI=1S/C22H20F4N4O2/c1-11(2)21(32)28-10-13-4-6-14(23)18(19(13)24)20-29-15(8-17(31)30-20)12-5-7-16(27-9-12)22(3,25)26/h4-9,11H,10H2,1-3H3,(H,28,32)(H,29,30,31). The number of aromatic nitrogens is 3. The molecule has 0 aliphatic rings. The first kappa shape index (κ1) is 23.1. The lowest BCUT2D eigenvalue weighted by atomic mass is 10.1. The third-order valence-electron chi connectivity index (χ3n) is 4.64. The molecule has 1 amide bonds. The second-order valence-electron chi connectivity index (χ2n) is 7.57. The number of carbonyl (C=O) groups is 1. The van der Waals surface area contributed by atoms with Crippen molar-refractivity contribution in [3.05, 3.63) is 69.8 Å². The lowest BCUT2D eigenvalue weighted by Gasteiger charge is -2.12. The molecule has 0 aliphatic carbocycles. The molecule has 6 nitrogen and oxygen atoms in total. The molecule has 0 aliphatic heterocycles. The SMILES string of the molecule is CC(C)C(=O)NCc1ccc(F)c(-c2nc(-c3ccc(C(C)(F)F)nc3)cc(=O)[nH]2)c1F. The molecular formula is C22H20F4N4O2. The first-order valence-corrected chi connectivity index (χ1v) is 9.68. The lowest BCUT2D eigenvalue weighted by Crippen LogP contribution is -2.27. The molecule has 10 heteroatoms. The number of carbonyl (C=O) groups excluding carboxylic acids is 1. The van der Waals surface area contributed by atoms with Gasteiger partial charge in [0.2, 0.25) is 5.91 Å². The molecule has 0 atom stereocenters. The Morgan fingerprint density at radius 2 is 1.91 bits per heavy atom. The molecule has 1 aromatic carbocycles. The van der Waals surface area contributed by atoms with E-state index >= 15 is 4.39 Å². The molecule has 0 saturated heterocycles. The number of pyridine rings is 1. The molecule has 0 fully saturated rings. The molecular weight excluding hydrogens is 428 g/mol. The minimum Gasteiger partial charge on any atom is -0.352 e. The topological polar surface area (TPSA) is 87.7 Å². The van der Waals surface area contributed by atoms with Crippen molar-refractivity contribution in [3.63, 3.8) is 0 Å². The van der Waals surface area contributed by atoms with Crippen LogP contribution in [0.1, 0.15) is 32.0 Å².